The highest BCUT2D eigenvalue weighted by molar-refractivity contribution is 7.80. The molecule has 100 valence electrons. The summed E-state index contributed by atoms with van der Waals surface area (Å²) in [4.78, 5) is 0. The van der Waals surface area contributed by atoms with Crippen LogP contribution in [0.1, 0.15) is 39.5 Å². The van der Waals surface area contributed by atoms with Crippen LogP contribution in [0.3, 0.4) is 0 Å². The van der Waals surface area contributed by atoms with Crippen LogP contribution in [0.25, 0.3) is 0 Å². The molecule has 0 aromatic carbocycles. The monoisotopic (exact) mass is 290 g/mol. The van der Waals surface area contributed by atoms with Crippen molar-refractivity contribution < 1.29 is 4.74 Å². The molecule has 3 nitrogen and oxygen atoms in total. The third-order valence-corrected chi connectivity index (χ3v) is 2.31. The van der Waals surface area contributed by atoms with E-state index in [0.29, 0.717) is 11.8 Å². The maximum atomic E-state index is 5.74. The van der Waals surface area contributed by atoms with Crippen molar-refractivity contribution in [2.45, 2.75) is 45.6 Å². The molecule has 0 heterocycles. The van der Waals surface area contributed by atoms with Crippen molar-refractivity contribution in [2.24, 2.45) is 5.73 Å². The third kappa shape index (κ3) is 14.2. The number of hydrogen-bond donors (Lipinski definition) is 2. The van der Waals surface area contributed by atoms with E-state index in [1.54, 1.807) is 0 Å². The summed E-state index contributed by atoms with van der Waals surface area (Å²) in [5.74, 6) is 0. The molecule has 0 aliphatic heterocycles. The van der Waals surface area contributed by atoms with E-state index in [0.717, 1.165) is 32.2 Å². The third-order valence-electron chi connectivity index (χ3n) is 2.05. The molecule has 0 spiro atoms. The summed E-state index contributed by atoms with van der Waals surface area (Å²) in [5.41, 5.74) is 5.74. The summed E-state index contributed by atoms with van der Waals surface area (Å²) in [5, 5.41) is 3.55. The first-order valence-corrected chi connectivity index (χ1v) is 5.77. The minimum Gasteiger partial charge on any atom is -0.471 e. The quantitative estimate of drug-likeness (QED) is 0.559. The first-order chi connectivity index (χ1) is 6.70. The van der Waals surface area contributed by atoms with Crippen molar-refractivity contribution >= 4 is 42.2 Å². The standard InChI is InChI=1S/C10H22N2OS.2ClH/c1-3-5-7-12-10(14)13-8-6-9(11)4-2;;/h9H,3-8,11H2,1-2H3,(H,12,14);2*1H. The maximum Gasteiger partial charge on any atom is 0.256 e. The van der Waals surface area contributed by atoms with Crippen molar-refractivity contribution in [3.8, 4) is 0 Å². The van der Waals surface area contributed by atoms with Crippen LogP contribution in [0.2, 0.25) is 0 Å². The van der Waals surface area contributed by atoms with Gasteiger partial charge in [-0.2, -0.15) is 0 Å². The number of thiocarbonyl (C=S) groups is 1. The molecule has 3 N–H and O–H groups in total. The van der Waals surface area contributed by atoms with Crippen LogP contribution < -0.4 is 11.1 Å². The number of nitrogens with two attached hydrogens (primary N) is 1. The average Bonchev–Trinajstić information content (AvgIpc) is 2.18. The highest BCUT2D eigenvalue weighted by Crippen LogP contribution is 1.94. The summed E-state index contributed by atoms with van der Waals surface area (Å²) in [6.07, 6.45) is 4.14. The van der Waals surface area contributed by atoms with E-state index in [2.05, 4.69) is 19.2 Å². The van der Waals surface area contributed by atoms with Crippen LogP contribution in [-0.2, 0) is 4.74 Å². The molecule has 0 aromatic rings. The molecule has 6 heteroatoms. The Bertz CT molecular complexity index is 162. The van der Waals surface area contributed by atoms with Gasteiger partial charge in [-0.25, -0.2) is 0 Å². The van der Waals surface area contributed by atoms with Crippen LogP contribution in [0.15, 0.2) is 0 Å². The highest BCUT2D eigenvalue weighted by Gasteiger charge is 2.00. The molecular formula is C10H24Cl2N2OS. The second-order valence-electron chi connectivity index (χ2n) is 3.37. The predicted octanol–water partition coefficient (Wildman–Crippen LogP) is 2.65. The average molecular weight is 291 g/mol. The van der Waals surface area contributed by atoms with Gasteiger partial charge >= 0.3 is 0 Å². The van der Waals surface area contributed by atoms with Gasteiger partial charge in [0.2, 0.25) is 0 Å². The molecule has 0 saturated carbocycles. The SMILES string of the molecule is CCCCNC(=S)OCCC(N)CC.Cl.Cl. The summed E-state index contributed by atoms with van der Waals surface area (Å²) in [6.45, 7) is 5.73. The van der Waals surface area contributed by atoms with Gasteiger partial charge in [-0.3, -0.25) is 0 Å². The number of rotatable bonds is 7. The van der Waals surface area contributed by atoms with E-state index in [1.165, 1.54) is 0 Å². The van der Waals surface area contributed by atoms with Crippen molar-refractivity contribution in [1.82, 2.24) is 5.32 Å². The zero-order chi connectivity index (χ0) is 10.8. The predicted molar refractivity (Wildman–Crippen MR) is 78.8 cm³/mol. The lowest BCUT2D eigenvalue weighted by Crippen LogP contribution is -2.27. The van der Waals surface area contributed by atoms with Gasteiger partial charge < -0.3 is 15.8 Å². The van der Waals surface area contributed by atoms with Gasteiger partial charge in [0.25, 0.3) is 5.17 Å². The molecule has 0 radical (unpaired) electrons. The largest absolute Gasteiger partial charge is 0.471 e. The molecule has 0 aromatic heterocycles. The molecule has 0 fully saturated rings. The lowest BCUT2D eigenvalue weighted by molar-refractivity contribution is 0.279. The Labute approximate surface area is 117 Å². The van der Waals surface area contributed by atoms with E-state index >= 15 is 0 Å². The lowest BCUT2D eigenvalue weighted by Gasteiger charge is -2.11. The molecule has 16 heavy (non-hydrogen) atoms. The Morgan fingerprint density at radius 2 is 2.00 bits per heavy atom. The zero-order valence-electron chi connectivity index (χ0n) is 10.0. The van der Waals surface area contributed by atoms with Gasteiger partial charge in [0.1, 0.15) is 0 Å². The summed E-state index contributed by atoms with van der Waals surface area (Å²) in [7, 11) is 0. The fourth-order valence-electron chi connectivity index (χ4n) is 0.925. The van der Waals surface area contributed by atoms with Crippen molar-refractivity contribution in [1.29, 1.82) is 0 Å². The molecule has 0 bridgehead atoms. The number of halogens is 2. The topological polar surface area (TPSA) is 47.3 Å². The molecule has 1 unspecified atom stereocenters. The molecule has 0 saturated heterocycles. The Morgan fingerprint density at radius 3 is 2.50 bits per heavy atom. The normalized spacial score (nSPS) is 10.7. The summed E-state index contributed by atoms with van der Waals surface area (Å²) >= 11 is 4.98. The molecule has 0 rings (SSSR count). The fourth-order valence-corrected chi connectivity index (χ4v) is 1.11. The van der Waals surface area contributed by atoms with Gasteiger partial charge in [-0.1, -0.05) is 20.3 Å². The van der Waals surface area contributed by atoms with Crippen LogP contribution in [-0.4, -0.2) is 24.4 Å². The second-order valence-corrected chi connectivity index (χ2v) is 3.74. The van der Waals surface area contributed by atoms with E-state index < -0.39 is 0 Å². The number of ether oxygens (including phenoxy) is 1. The first-order valence-electron chi connectivity index (χ1n) is 5.36. The molecule has 0 amide bonds. The van der Waals surface area contributed by atoms with Crippen LogP contribution in [0.4, 0.5) is 0 Å². The first kappa shape index (κ1) is 21.5. The van der Waals surface area contributed by atoms with Gasteiger partial charge in [0.15, 0.2) is 0 Å². The van der Waals surface area contributed by atoms with Gasteiger partial charge in [-0.15, -0.1) is 24.8 Å². The van der Waals surface area contributed by atoms with Gasteiger partial charge in [0, 0.05) is 12.6 Å². The molecule has 1 atom stereocenters. The van der Waals surface area contributed by atoms with Crippen molar-refractivity contribution in [3.05, 3.63) is 0 Å². The van der Waals surface area contributed by atoms with Gasteiger partial charge in [0.05, 0.1) is 6.61 Å². The second kappa shape index (κ2) is 15.2. The Morgan fingerprint density at radius 1 is 1.38 bits per heavy atom. The van der Waals surface area contributed by atoms with Crippen LogP contribution >= 0.6 is 37.0 Å². The minimum absolute atomic E-state index is 0. The number of unbranched alkanes of at least 4 members (excludes halogenated alkanes) is 1. The zero-order valence-corrected chi connectivity index (χ0v) is 12.5. The van der Waals surface area contributed by atoms with E-state index in [1.807, 2.05) is 0 Å². The van der Waals surface area contributed by atoms with E-state index in [9.17, 15) is 0 Å². The van der Waals surface area contributed by atoms with Crippen molar-refractivity contribution in [2.75, 3.05) is 13.2 Å². The molecule has 0 aliphatic carbocycles. The lowest BCUT2D eigenvalue weighted by atomic mass is 10.2. The van der Waals surface area contributed by atoms with Crippen LogP contribution in [0.5, 0.6) is 0 Å². The molecule has 0 aliphatic rings. The maximum absolute atomic E-state index is 5.74. The summed E-state index contributed by atoms with van der Waals surface area (Å²) < 4.78 is 5.30. The van der Waals surface area contributed by atoms with E-state index in [-0.39, 0.29) is 30.9 Å². The van der Waals surface area contributed by atoms with Crippen molar-refractivity contribution in [3.63, 3.8) is 0 Å². The molecular weight excluding hydrogens is 267 g/mol. The van der Waals surface area contributed by atoms with E-state index in [4.69, 9.17) is 22.7 Å². The highest BCUT2D eigenvalue weighted by atomic mass is 35.5. The van der Waals surface area contributed by atoms with Crippen LogP contribution in [0, 0.1) is 0 Å². The Kier molecular flexibility index (Phi) is 20.5. The number of hydrogen-bond acceptors (Lipinski definition) is 3. The Hall–Kier alpha value is 0.230. The Balaban J connectivity index is -0.000000845. The smallest absolute Gasteiger partial charge is 0.256 e. The fraction of sp³-hybridized carbons (Fsp3) is 0.900. The van der Waals surface area contributed by atoms with Gasteiger partial charge in [-0.05, 0) is 31.5 Å². The minimum atomic E-state index is 0. The number of nitrogens with one attached hydrogen (secondary N) is 1. The summed E-state index contributed by atoms with van der Waals surface area (Å²) in [6, 6.07) is 0.230.